The molecule has 1 aliphatic rings. The van der Waals surface area contributed by atoms with E-state index in [1.54, 1.807) is 0 Å². The van der Waals surface area contributed by atoms with Crippen LogP contribution in [-0.4, -0.2) is 0 Å². The molecule has 1 heterocycles. The summed E-state index contributed by atoms with van der Waals surface area (Å²) in [5.74, 6) is 0. The zero-order valence-corrected chi connectivity index (χ0v) is 12.0. The molecule has 0 saturated heterocycles. The maximum absolute atomic E-state index is 6.54. The molecule has 0 radical (unpaired) electrons. The molecular weight excluding hydrogens is 312 g/mol. The lowest BCUT2D eigenvalue weighted by Crippen LogP contribution is -1.95. The van der Waals surface area contributed by atoms with Crippen LogP contribution in [0.2, 0.25) is 0 Å². The SMILES string of the molecule is ClC(c1cccc(Br)c1)c1ccc2c(c1)COC2. The molecule has 0 N–H and O–H groups in total. The van der Waals surface area contributed by atoms with Crippen molar-refractivity contribution in [2.45, 2.75) is 18.6 Å². The Hall–Kier alpha value is -0.830. The first-order chi connectivity index (χ1) is 8.74. The van der Waals surface area contributed by atoms with Gasteiger partial charge in [-0.3, -0.25) is 0 Å². The Morgan fingerprint density at radius 3 is 2.61 bits per heavy atom. The molecule has 1 atom stereocenters. The normalized spacial score (nSPS) is 15.4. The molecule has 1 aliphatic heterocycles. The number of hydrogen-bond acceptors (Lipinski definition) is 1. The lowest BCUT2D eigenvalue weighted by Gasteiger charge is -2.12. The number of benzene rings is 2. The van der Waals surface area contributed by atoms with Gasteiger partial charge in [0.1, 0.15) is 0 Å². The van der Waals surface area contributed by atoms with Crippen LogP contribution in [0.15, 0.2) is 46.9 Å². The maximum atomic E-state index is 6.54. The third-order valence-electron chi connectivity index (χ3n) is 3.18. The van der Waals surface area contributed by atoms with Crippen LogP contribution in [0, 0.1) is 0 Å². The number of halogens is 2. The van der Waals surface area contributed by atoms with E-state index >= 15 is 0 Å². The van der Waals surface area contributed by atoms with Gasteiger partial charge in [0.05, 0.1) is 18.6 Å². The molecule has 3 heteroatoms. The van der Waals surface area contributed by atoms with Gasteiger partial charge in [-0.1, -0.05) is 46.3 Å². The molecule has 18 heavy (non-hydrogen) atoms. The molecule has 0 saturated carbocycles. The number of ether oxygens (including phenoxy) is 1. The van der Waals surface area contributed by atoms with Gasteiger partial charge < -0.3 is 4.74 Å². The highest BCUT2D eigenvalue weighted by Crippen LogP contribution is 2.32. The van der Waals surface area contributed by atoms with Crippen molar-refractivity contribution in [1.29, 1.82) is 0 Å². The lowest BCUT2D eigenvalue weighted by molar-refractivity contribution is 0.134. The van der Waals surface area contributed by atoms with Crippen molar-refractivity contribution < 1.29 is 4.74 Å². The Balaban J connectivity index is 1.95. The molecule has 0 fully saturated rings. The first kappa shape index (κ1) is 12.2. The smallest absolute Gasteiger partial charge is 0.0835 e. The van der Waals surface area contributed by atoms with Crippen LogP contribution in [0.25, 0.3) is 0 Å². The standard InChI is InChI=1S/C15H12BrClO/c16-14-3-1-2-10(7-14)15(17)11-4-5-12-8-18-9-13(12)6-11/h1-7,15H,8-9H2. The molecule has 1 nitrogen and oxygen atoms in total. The molecule has 0 bridgehead atoms. The van der Waals surface area contributed by atoms with Crippen LogP contribution >= 0.6 is 27.5 Å². The lowest BCUT2D eigenvalue weighted by atomic mass is 10.0. The quantitative estimate of drug-likeness (QED) is 0.721. The Morgan fingerprint density at radius 1 is 1.00 bits per heavy atom. The van der Waals surface area contributed by atoms with Gasteiger partial charge in [-0.15, -0.1) is 11.6 Å². The van der Waals surface area contributed by atoms with Crippen LogP contribution in [0.5, 0.6) is 0 Å². The Kier molecular flexibility index (Phi) is 3.42. The summed E-state index contributed by atoms with van der Waals surface area (Å²) in [5.41, 5.74) is 4.76. The van der Waals surface area contributed by atoms with Crippen LogP contribution in [0.1, 0.15) is 27.6 Å². The zero-order chi connectivity index (χ0) is 12.5. The molecule has 3 rings (SSSR count). The molecule has 1 unspecified atom stereocenters. The summed E-state index contributed by atoms with van der Waals surface area (Å²) >= 11 is 10.0. The third-order valence-corrected chi connectivity index (χ3v) is 4.18. The fraction of sp³-hybridized carbons (Fsp3) is 0.200. The van der Waals surface area contributed by atoms with Crippen molar-refractivity contribution >= 4 is 27.5 Å². The van der Waals surface area contributed by atoms with Gasteiger partial charge in [0, 0.05) is 4.47 Å². The second kappa shape index (κ2) is 5.04. The molecule has 2 aromatic carbocycles. The van der Waals surface area contributed by atoms with E-state index in [0.717, 1.165) is 22.2 Å². The Labute approximate surface area is 120 Å². The molecule has 0 spiro atoms. The second-order valence-electron chi connectivity index (χ2n) is 4.44. The topological polar surface area (TPSA) is 9.23 Å². The van der Waals surface area contributed by atoms with E-state index in [2.05, 4.69) is 40.2 Å². The highest BCUT2D eigenvalue weighted by molar-refractivity contribution is 9.10. The summed E-state index contributed by atoms with van der Waals surface area (Å²) in [5, 5.41) is -0.117. The Bertz CT molecular complexity index is 582. The van der Waals surface area contributed by atoms with E-state index < -0.39 is 0 Å². The number of rotatable bonds is 2. The molecule has 0 amide bonds. The van der Waals surface area contributed by atoms with Crippen molar-refractivity contribution in [3.05, 3.63) is 69.2 Å². The predicted octanol–water partition coefficient (Wildman–Crippen LogP) is 4.81. The van der Waals surface area contributed by atoms with E-state index in [1.807, 2.05) is 18.2 Å². The summed E-state index contributed by atoms with van der Waals surface area (Å²) in [6, 6.07) is 14.5. The van der Waals surface area contributed by atoms with Crippen molar-refractivity contribution in [2.24, 2.45) is 0 Å². The third kappa shape index (κ3) is 2.33. The van der Waals surface area contributed by atoms with E-state index in [0.29, 0.717) is 6.61 Å². The van der Waals surface area contributed by atoms with Crippen LogP contribution in [0.4, 0.5) is 0 Å². The first-order valence-corrected chi connectivity index (χ1v) is 7.06. The molecule has 0 aliphatic carbocycles. The zero-order valence-electron chi connectivity index (χ0n) is 9.70. The van der Waals surface area contributed by atoms with Crippen LogP contribution in [0.3, 0.4) is 0 Å². The van der Waals surface area contributed by atoms with Crippen LogP contribution < -0.4 is 0 Å². The summed E-state index contributed by atoms with van der Waals surface area (Å²) in [6.07, 6.45) is 0. The van der Waals surface area contributed by atoms with Gasteiger partial charge in [-0.2, -0.15) is 0 Å². The highest BCUT2D eigenvalue weighted by atomic mass is 79.9. The molecular formula is C15H12BrClO. The first-order valence-electron chi connectivity index (χ1n) is 5.83. The Morgan fingerprint density at radius 2 is 1.78 bits per heavy atom. The minimum Gasteiger partial charge on any atom is -0.372 e. The summed E-state index contributed by atoms with van der Waals surface area (Å²) in [7, 11) is 0. The van der Waals surface area contributed by atoms with Crippen molar-refractivity contribution in [3.8, 4) is 0 Å². The number of alkyl halides is 1. The van der Waals surface area contributed by atoms with Crippen molar-refractivity contribution in [1.82, 2.24) is 0 Å². The van der Waals surface area contributed by atoms with Gasteiger partial charge in [0.2, 0.25) is 0 Å². The largest absolute Gasteiger partial charge is 0.372 e. The van der Waals surface area contributed by atoms with Crippen molar-refractivity contribution in [3.63, 3.8) is 0 Å². The summed E-state index contributed by atoms with van der Waals surface area (Å²) in [4.78, 5) is 0. The van der Waals surface area contributed by atoms with Gasteiger partial charge >= 0.3 is 0 Å². The average molecular weight is 324 g/mol. The van der Waals surface area contributed by atoms with Gasteiger partial charge in [0.25, 0.3) is 0 Å². The summed E-state index contributed by atoms with van der Waals surface area (Å²) in [6.45, 7) is 1.42. The van der Waals surface area contributed by atoms with Gasteiger partial charge in [0.15, 0.2) is 0 Å². The minimum atomic E-state index is -0.117. The molecule has 0 aromatic heterocycles. The van der Waals surface area contributed by atoms with E-state index in [4.69, 9.17) is 16.3 Å². The van der Waals surface area contributed by atoms with E-state index in [1.165, 1.54) is 11.1 Å². The van der Waals surface area contributed by atoms with E-state index in [-0.39, 0.29) is 5.38 Å². The second-order valence-corrected chi connectivity index (χ2v) is 5.79. The number of fused-ring (bicyclic) bond motifs is 1. The maximum Gasteiger partial charge on any atom is 0.0835 e. The van der Waals surface area contributed by atoms with Gasteiger partial charge in [-0.25, -0.2) is 0 Å². The van der Waals surface area contributed by atoms with E-state index in [9.17, 15) is 0 Å². The van der Waals surface area contributed by atoms with Crippen molar-refractivity contribution in [2.75, 3.05) is 0 Å². The predicted molar refractivity (Wildman–Crippen MR) is 76.8 cm³/mol. The summed E-state index contributed by atoms with van der Waals surface area (Å²) < 4.78 is 6.47. The van der Waals surface area contributed by atoms with Gasteiger partial charge in [-0.05, 0) is 34.4 Å². The minimum absolute atomic E-state index is 0.117. The molecule has 2 aromatic rings. The number of hydrogen-bond donors (Lipinski definition) is 0. The fourth-order valence-electron chi connectivity index (χ4n) is 2.21. The molecule has 92 valence electrons. The highest BCUT2D eigenvalue weighted by Gasteiger charge is 2.16. The fourth-order valence-corrected chi connectivity index (χ4v) is 2.89. The monoisotopic (exact) mass is 322 g/mol. The van der Waals surface area contributed by atoms with Crippen LogP contribution in [-0.2, 0) is 18.0 Å². The average Bonchev–Trinajstić information content (AvgIpc) is 2.85.